The lowest BCUT2D eigenvalue weighted by Gasteiger charge is -2.36. The van der Waals surface area contributed by atoms with E-state index in [0.717, 1.165) is 0 Å². The van der Waals surface area contributed by atoms with Crippen molar-refractivity contribution in [1.29, 1.82) is 0 Å². The van der Waals surface area contributed by atoms with Gasteiger partial charge in [0.2, 0.25) is 0 Å². The van der Waals surface area contributed by atoms with Crippen molar-refractivity contribution in [2.45, 2.75) is 35.2 Å². The first-order valence-corrected chi connectivity index (χ1v) is 6.97. The standard InChI is InChI=1S/C11H14S2/c1-2-6-10(5-1)11(13-9-12-10)7-3-4-8-11/h1,3,5,7H,2,4,6,8-9H2/t10-,11+. The SMILES string of the molecule is C1=C[C@]2(CC1)SCS[C@]21C=CCC1. The average molecular weight is 210 g/mol. The highest BCUT2D eigenvalue weighted by molar-refractivity contribution is 8.21. The van der Waals surface area contributed by atoms with Crippen molar-refractivity contribution >= 4 is 23.5 Å². The number of fused-ring (bicyclic) bond motifs is 1. The van der Waals surface area contributed by atoms with Crippen LogP contribution in [0, 0.1) is 0 Å². The van der Waals surface area contributed by atoms with Crippen molar-refractivity contribution < 1.29 is 0 Å². The van der Waals surface area contributed by atoms with E-state index in [1.54, 1.807) is 0 Å². The summed E-state index contributed by atoms with van der Waals surface area (Å²) in [5.41, 5.74) is 0. The van der Waals surface area contributed by atoms with Crippen LogP contribution in [0.15, 0.2) is 24.3 Å². The highest BCUT2D eigenvalue weighted by Gasteiger charge is 2.54. The minimum Gasteiger partial charge on any atom is -0.138 e. The molecule has 0 aromatic heterocycles. The monoisotopic (exact) mass is 210 g/mol. The second kappa shape index (κ2) is 2.83. The first-order chi connectivity index (χ1) is 6.37. The number of hydrogen-bond donors (Lipinski definition) is 0. The van der Waals surface area contributed by atoms with Crippen molar-refractivity contribution in [2.75, 3.05) is 5.08 Å². The molecule has 0 N–H and O–H groups in total. The van der Waals surface area contributed by atoms with Crippen molar-refractivity contribution in [1.82, 2.24) is 0 Å². The van der Waals surface area contributed by atoms with Gasteiger partial charge in [-0.15, -0.1) is 23.5 Å². The Kier molecular flexibility index (Phi) is 1.85. The van der Waals surface area contributed by atoms with Gasteiger partial charge in [0.15, 0.2) is 0 Å². The van der Waals surface area contributed by atoms with Gasteiger partial charge in [-0.05, 0) is 25.7 Å². The zero-order chi connectivity index (χ0) is 8.78. The number of allylic oxidation sites excluding steroid dienone is 2. The lowest BCUT2D eigenvalue weighted by atomic mass is 9.89. The third-order valence-corrected chi connectivity index (χ3v) is 7.00. The van der Waals surface area contributed by atoms with Crippen LogP contribution in [0.1, 0.15) is 25.7 Å². The molecule has 0 aromatic carbocycles. The smallest absolute Gasteiger partial charge is 0.0532 e. The Morgan fingerprint density at radius 2 is 1.38 bits per heavy atom. The largest absolute Gasteiger partial charge is 0.138 e. The van der Waals surface area contributed by atoms with Crippen LogP contribution in [0.25, 0.3) is 0 Å². The third-order valence-electron chi connectivity index (χ3n) is 3.49. The van der Waals surface area contributed by atoms with Gasteiger partial charge >= 0.3 is 0 Å². The van der Waals surface area contributed by atoms with Gasteiger partial charge in [0, 0.05) is 5.08 Å². The summed E-state index contributed by atoms with van der Waals surface area (Å²) in [5.74, 6) is 0. The van der Waals surface area contributed by atoms with Crippen molar-refractivity contribution in [3.8, 4) is 0 Å². The summed E-state index contributed by atoms with van der Waals surface area (Å²) >= 11 is 4.35. The summed E-state index contributed by atoms with van der Waals surface area (Å²) in [5, 5.41) is 1.29. The van der Waals surface area contributed by atoms with Crippen LogP contribution in [0.3, 0.4) is 0 Å². The molecule has 1 saturated heterocycles. The topological polar surface area (TPSA) is 0 Å². The minimum absolute atomic E-state index is 0.477. The lowest BCUT2D eigenvalue weighted by Crippen LogP contribution is -2.39. The molecule has 2 spiro atoms. The quantitative estimate of drug-likeness (QED) is 0.560. The predicted molar refractivity (Wildman–Crippen MR) is 62.3 cm³/mol. The van der Waals surface area contributed by atoms with Crippen LogP contribution in [-0.2, 0) is 0 Å². The molecule has 13 heavy (non-hydrogen) atoms. The van der Waals surface area contributed by atoms with E-state index in [-0.39, 0.29) is 0 Å². The molecule has 0 nitrogen and oxygen atoms in total. The van der Waals surface area contributed by atoms with Gasteiger partial charge in [-0.1, -0.05) is 24.3 Å². The fraction of sp³-hybridized carbons (Fsp3) is 0.636. The maximum atomic E-state index is 2.49. The summed E-state index contributed by atoms with van der Waals surface area (Å²) in [7, 11) is 0. The molecule has 3 rings (SSSR count). The van der Waals surface area contributed by atoms with E-state index in [1.165, 1.54) is 30.8 Å². The van der Waals surface area contributed by atoms with Gasteiger partial charge in [0.05, 0.1) is 9.49 Å². The Hall–Kier alpha value is 0.180. The lowest BCUT2D eigenvalue weighted by molar-refractivity contribution is 0.552. The Labute approximate surface area is 88.2 Å². The van der Waals surface area contributed by atoms with Crippen LogP contribution in [-0.4, -0.2) is 14.6 Å². The molecule has 0 aromatic rings. The van der Waals surface area contributed by atoms with Crippen LogP contribution >= 0.6 is 23.5 Å². The van der Waals surface area contributed by atoms with Gasteiger partial charge in [0.25, 0.3) is 0 Å². The zero-order valence-corrected chi connectivity index (χ0v) is 9.29. The van der Waals surface area contributed by atoms with E-state index in [9.17, 15) is 0 Å². The maximum absolute atomic E-state index is 2.49. The fourth-order valence-corrected chi connectivity index (χ4v) is 6.75. The van der Waals surface area contributed by atoms with Gasteiger partial charge in [-0.3, -0.25) is 0 Å². The molecule has 0 unspecified atom stereocenters. The highest BCUT2D eigenvalue weighted by atomic mass is 32.2. The Morgan fingerprint density at radius 3 is 1.77 bits per heavy atom. The van der Waals surface area contributed by atoms with E-state index >= 15 is 0 Å². The van der Waals surface area contributed by atoms with E-state index < -0.39 is 0 Å². The van der Waals surface area contributed by atoms with E-state index in [1.807, 2.05) is 0 Å². The predicted octanol–water partition coefficient (Wildman–Crippen LogP) is 3.60. The molecule has 0 radical (unpaired) electrons. The molecular weight excluding hydrogens is 196 g/mol. The molecule has 2 aliphatic carbocycles. The molecule has 0 amide bonds. The molecule has 2 heteroatoms. The van der Waals surface area contributed by atoms with Crippen molar-refractivity contribution in [3.63, 3.8) is 0 Å². The Bertz CT molecular complexity index is 254. The van der Waals surface area contributed by atoms with Gasteiger partial charge in [-0.25, -0.2) is 0 Å². The molecule has 1 heterocycles. The molecule has 70 valence electrons. The Balaban J connectivity index is 2.02. The van der Waals surface area contributed by atoms with Crippen LogP contribution in [0.5, 0.6) is 0 Å². The number of hydrogen-bond acceptors (Lipinski definition) is 2. The molecule has 0 bridgehead atoms. The maximum Gasteiger partial charge on any atom is 0.0532 e. The van der Waals surface area contributed by atoms with Crippen molar-refractivity contribution in [3.05, 3.63) is 24.3 Å². The van der Waals surface area contributed by atoms with Crippen molar-refractivity contribution in [2.24, 2.45) is 0 Å². The molecule has 1 fully saturated rings. The normalized spacial score (nSPS) is 47.4. The average Bonchev–Trinajstić information content (AvgIpc) is 2.79. The first kappa shape index (κ1) is 8.49. The molecular formula is C11H14S2. The Morgan fingerprint density at radius 1 is 0.846 bits per heavy atom. The summed E-state index contributed by atoms with van der Waals surface area (Å²) < 4.78 is 0.954. The molecule has 1 aliphatic heterocycles. The summed E-state index contributed by atoms with van der Waals surface area (Å²) in [6, 6.07) is 0. The highest BCUT2D eigenvalue weighted by Crippen LogP contribution is 2.62. The first-order valence-electron chi connectivity index (χ1n) is 5.00. The summed E-state index contributed by atoms with van der Waals surface area (Å²) in [6.45, 7) is 0. The van der Waals surface area contributed by atoms with Gasteiger partial charge < -0.3 is 0 Å². The third kappa shape index (κ3) is 1.02. The number of thioether (sulfide) groups is 2. The second-order valence-electron chi connectivity index (χ2n) is 4.07. The summed E-state index contributed by atoms with van der Waals surface area (Å²) in [6.07, 6.45) is 15.1. The van der Waals surface area contributed by atoms with Crippen LogP contribution in [0.2, 0.25) is 0 Å². The van der Waals surface area contributed by atoms with Crippen LogP contribution < -0.4 is 0 Å². The minimum atomic E-state index is 0.477. The van der Waals surface area contributed by atoms with E-state index in [4.69, 9.17) is 0 Å². The van der Waals surface area contributed by atoms with E-state index in [0.29, 0.717) is 9.49 Å². The van der Waals surface area contributed by atoms with Gasteiger partial charge in [-0.2, -0.15) is 0 Å². The summed E-state index contributed by atoms with van der Waals surface area (Å²) in [4.78, 5) is 0. The molecule has 0 saturated carbocycles. The number of rotatable bonds is 0. The fourth-order valence-electron chi connectivity index (χ4n) is 2.74. The molecule has 3 aliphatic rings. The van der Waals surface area contributed by atoms with Crippen LogP contribution in [0.4, 0.5) is 0 Å². The van der Waals surface area contributed by atoms with E-state index in [2.05, 4.69) is 47.8 Å². The molecule has 2 atom stereocenters. The second-order valence-corrected chi connectivity index (χ2v) is 7.04. The van der Waals surface area contributed by atoms with Gasteiger partial charge in [0.1, 0.15) is 0 Å². The zero-order valence-electron chi connectivity index (χ0n) is 7.66.